The normalized spacial score (nSPS) is 24.3. The van der Waals surface area contributed by atoms with Gasteiger partial charge in [0.15, 0.2) is 0 Å². The molecule has 3 aromatic rings. The van der Waals surface area contributed by atoms with Gasteiger partial charge in [0.2, 0.25) is 0 Å². The predicted molar refractivity (Wildman–Crippen MR) is 117 cm³/mol. The van der Waals surface area contributed by atoms with Gasteiger partial charge in [-0.15, -0.1) is 0 Å². The molecule has 3 atom stereocenters. The Bertz CT molecular complexity index is 1080. The van der Waals surface area contributed by atoms with Gasteiger partial charge in [0.05, 0.1) is 6.04 Å². The fourth-order valence-corrected chi connectivity index (χ4v) is 5.69. The average molecular weight is 510 g/mol. The molecule has 29 heavy (non-hydrogen) atoms. The van der Waals surface area contributed by atoms with E-state index in [0.29, 0.717) is 3.57 Å². The van der Waals surface area contributed by atoms with Gasteiger partial charge >= 0.3 is 0 Å². The van der Waals surface area contributed by atoms with E-state index in [1.54, 1.807) is 0 Å². The van der Waals surface area contributed by atoms with Crippen LogP contribution >= 0.6 is 22.6 Å². The Morgan fingerprint density at radius 1 is 1.10 bits per heavy atom. The molecule has 0 saturated heterocycles. The van der Waals surface area contributed by atoms with E-state index in [1.807, 2.05) is 45.7 Å². The number of aromatic amines is 1. The van der Waals surface area contributed by atoms with Crippen LogP contribution in [0.15, 0.2) is 36.4 Å². The van der Waals surface area contributed by atoms with Gasteiger partial charge in [0, 0.05) is 44.2 Å². The zero-order valence-corrected chi connectivity index (χ0v) is 18.4. The first-order chi connectivity index (χ1) is 13.7. The third-order valence-electron chi connectivity index (χ3n) is 6.29. The third kappa shape index (κ3) is 3.10. The summed E-state index contributed by atoms with van der Waals surface area (Å²) in [6.45, 7) is 3.18. The van der Waals surface area contributed by atoms with E-state index >= 15 is 8.78 Å². The molecule has 2 aromatic carbocycles. The number of nitrogens with one attached hydrogen (secondary N) is 1. The number of alkyl halides is 1. The summed E-state index contributed by atoms with van der Waals surface area (Å²) in [6.07, 6.45) is 1.91. The van der Waals surface area contributed by atoms with Gasteiger partial charge < -0.3 is 4.98 Å². The summed E-state index contributed by atoms with van der Waals surface area (Å²) in [5.74, 6) is -0.901. The maximum atomic E-state index is 15.1. The molecule has 0 radical (unpaired) electrons. The molecule has 1 aliphatic carbocycles. The van der Waals surface area contributed by atoms with Crippen molar-refractivity contribution in [2.24, 2.45) is 0 Å². The van der Waals surface area contributed by atoms with E-state index in [2.05, 4.69) is 11.1 Å². The van der Waals surface area contributed by atoms with E-state index < -0.39 is 23.3 Å². The zero-order valence-electron chi connectivity index (χ0n) is 16.3. The first-order valence-electron chi connectivity index (χ1n) is 9.94. The molecule has 0 amide bonds. The van der Waals surface area contributed by atoms with Crippen LogP contribution in [0.3, 0.4) is 0 Å². The lowest BCUT2D eigenvalue weighted by molar-refractivity contribution is 0.00921. The molecule has 0 bridgehead atoms. The highest BCUT2D eigenvalue weighted by Gasteiger charge is 2.50. The summed E-state index contributed by atoms with van der Waals surface area (Å²) in [7, 11) is 0. The lowest BCUT2D eigenvalue weighted by Crippen LogP contribution is -2.55. The Labute approximate surface area is 181 Å². The quantitative estimate of drug-likeness (QED) is 0.402. The van der Waals surface area contributed by atoms with Crippen LogP contribution in [0.2, 0.25) is 0 Å². The predicted octanol–water partition coefficient (Wildman–Crippen LogP) is 6.45. The molecule has 152 valence electrons. The van der Waals surface area contributed by atoms with Crippen LogP contribution in [0.4, 0.5) is 13.2 Å². The van der Waals surface area contributed by atoms with Crippen molar-refractivity contribution in [2.75, 3.05) is 6.54 Å². The zero-order chi connectivity index (χ0) is 20.5. The van der Waals surface area contributed by atoms with Crippen LogP contribution < -0.4 is 0 Å². The maximum Gasteiger partial charge on any atom is 0.132 e. The van der Waals surface area contributed by atoms with Crippen molar-refractivity contribution in [3.05, 3.63) is 68.4 Å². The number of halogens is 4. The van der Waals surface area contributed by atoms with E-state index in [-0.39, 0.29) is 24.1 Å². The number of hydrogen-bond acceptors (Lipinski definition) is 1. The highest BCUT2D eigenvalue weighted by Crippen LogP contribution is 2.54. The highest BCUT2D eigenvalue weighted by molar-refractivity contribution is 14.1. The van der Waals surface area contributed by atoms with E-state index in [4.69, 9.17) is 0 Å². The number of H-pyrrole nitrogens is 1. The Hall–Kier alpha value is -1.54. The molecule has 2 aliphatic rings. The minimum atomic E-state index is -1.47. The number of benzene rings is 2. The minimum Gasteiger partial charge on any atom is -0.357 e. The molecule has 6 heteroatoms. The molecule has 0 unspecified atom stereocenters. The molecule has 1 N–H and O–H groups in total. The fourth-order valence-electron chi connectivity index (χ4n) is 5.14. The van der Waals surface area contributed by atoms with Crippen molar-refractivity contribution >= 4 is 33.5 Å². The number of nitrogens with zero attached hydrogens (tertiary/aromatic N) is 1. The monoisotopic (exact) mass is 510 g/mol. The van der Waals surface area contributed by atoms with Crippen LogP contribution in [0.5, 0.6) is 0 Å². The van der Waals surface area contributed by atoms with Gasteiger partial charge in [-0.3, -0.25) is 4.90 Å². The number of rotatable bonds is 3. The topological polar surface area (TPSA) is 19.0 Å². The first-order valence-corrected chi connectivity index (χ1v) is 11.0. The first kappa shape index (κ1) is 19.4. The largest absolute Gasteiger partial charge is 0.357 e. The van der Waals surface area contributed by atoms with Crippen molar-refractivity contribution in [3.8, 4) is 0 Å². The third-order valence-corrected chi connectivity index (χ3v) is 6.92. The van der Waals surface area contributed by atoms with Gasteiger partial charge in [0.1, 0.15) is 17.3 Å². The van der Waals surface area contributed by atoms with Gasteiger partial charge in [-0.2, -0.15) is 0 Å². The Morgan fingerprint density at radius 3 is 2.41 bits per heavy atom. The standard InChI is InChI=1S/C23H22F3IN2/c1-23(2,26)11-29-18-8-7-14(18)19-13-5-3-4-6-17(13)28-21(19)22(29)20-15(24)9-12(27)10-16(20)25/h3-6,9-10,14,18,22,28H,7-8,11H2,1-2H3/t14-,18+,22+/m0/s1. The van der Waals surface area contributed by atoms with Crippen LogP contribution in [0, 0.1) is 15.2 Å². The fraction of sp³-hybridized carbons (Fsp3) is 0.391. The van der Waals surface area contributed by atoms with Gasteiger partial charge in [-0.1, -0.05) is 18.2 Å². The van der Waals surface area contributed by atoms with Crippen molar-refractivity contribution in [2.45, 2.75) is 50.4 Å². The van der Waals surface area contributed by atoms with Gasteiger partial charge in [-0.05, 0) is 73.0 Å². The molecule has 1 aliphatic heterocycles. The Balaban J connectivity index is 1.78. The average Bonchev–Trinajstić information content (AvgIpc) is 2.94. The second-order valence-electron chi connectivity index (χ2n) is 8.83. The lowest BCUT2D eigenvalue weighted by Gasteiger charge is -2.53. The second-order valence-corrected chi connectivity index (χ2v) is 10.1. The highest BCUT2D eigenvalue weighted by atomic mass is 127. The summed E-state index contributed by atoms with van der Waals surface area (Å²) in [4.78, 5) is 5.42. The van der Waals surface area contributed by atoms with Crippen molar-refractivity contribution in [1.82, 2.24) is 9.88 Å². The molecule has 0 spiro atoms. The van der Waals surface area contributed by atoms with Gasteiger partial charge in [0.25, 0.3) is 0 Å². The molecule has 2 heterocycles. The summed E-state index contributed by atoms with van der Waals surface area (Å²) < 4.78 is 45.5. The van der Waals surface area contributed by atoms with Crippen molar-refractivity contribution in [3.63, 3.8) is 0 Å². The summed E-state index contributed by atoms with van der Waals surface area (Å²) >= 11 is 1.91. The van der Waals surface area contributed by atoms with Crippen molar-refractivity contribution in [1.29, 1.82) is 0 Å². The summed E-state index contributed by atoms with van der Waals surface area (Å²) in [5.41, 5.74) is 1.44. The maximum absolute atomic E-state index is 15.1. The summed E-state index contributed by atoms with van der Waals surface area (Å²) in [5, 5.41) is 1.10. The second kappa shape index (κ2) is 6.74. The molecule has 5 rings (SSSR count). The van der Waals surface area contributed by atoms with Gasteiger partial charge in [-0.25, -0.2) is 13.2 Å². The number of hydrogen-bond donors (Lipinski definition) is 1. The number of aromatic nitrogens is 1. The molecular formula is C23H22F3IN2. The van der Waals surface area contributed by atoms with Crippen molar-refractivity contribution < 1.29 is 13.2 Å². The smallest absolute Gasteiger partial charge is 0.132 e. The van der Waals surface area contributed by atoms with E-state index in [0.717, 1.165) is 35.0 Å². The lowest BCUT2D eigenvalue weighted by atomic mass is 9.68. The number of para-hydroxylation sites is 1. The molecule has 1 fully saturated rings. The molecular weight excluding hydrogens is 488 g/mol. The Morgan fingerprint density at radius 2 is 1.79 bits per heavy atom. The molecule has 1 aromatic heterocycles. The van der Waals surface area contributed by atoms with Crippen LogP contribution in [-0.4, -0.2) is 28.1 Å². The number of fused-ring (bicyclic) bond motifs is 5. The summed E-state index contributed by atoms with van der Waals surface area (Å²) in [6, 6.07) is 10.1. The molecule has 1 saturated carbocycles. The SMILES string of the molecule is CC(C)(F)CN1[C@H](c2c(F)cc(I)cc2F)c2[nH]c3ccccc3c2[C@H]2CC[C@H]21. The van der Waals surface area contributed by atoms with E-state index in [9.17, 15) is 4.39 Å². The van der Waals surface area contributed by atoms with Crippen LogP contribution in [0.25, 0.3) is 10.9 Å². The van der Waals surface area contributed by atoms with E-state index in [1.165, 1.54) is 26.0 Å². The van der Waals surface area contributed by atoms with Crippen LogP contribution in [0.1, 0.15) is 55.5 Å². The minimum absolute atomic E-state index is 0.00724. The Kier molecular flexibility index (Phi) is 4.51. The molecule has 2 nitrogen and oxygen atoms in total. The van der Waals surface area contributed by atoms with Crippen LogP contribution in [-0.2, 0) is 0 Å².